The lowest BCUT2D eigenvalue weighted by Gasteiger charge is -2.07. The molecule has 0 atom stereocenters. The average Bonchev–Trinajstić information content (AvgIpc) is 2.30. The molecule has 1 radical (unpaired) electrons. The summed E-state index contributed by atoms with van der Waals surface area (Å²) in [5.74, 6) is 0. The van der Waals surface area contributed by atoms with Crippen molar-refractivity contribution in [3.63, 3.8) is 0 Å². The molecule has 0 saturated carbocycles. The molecular formula is C14H12Br. The molecule has 0 amide bonds. The smallest absolute Gasteiger partial charge is 0.0254 e. The lowest BCUT2D eigenvalue weighted by molar-refractivity contribution is 1.14. The van der Waals surface area contributed by atoms with Gasteiger partial charge in [-0.15, -0.1) is 0 Å². The number of hydrogen-bond acceptors (Lipinski definition) is 0. The summed E-state index contributed by atoms with van der Waals surface area (Å²) in [6.07, 6.45) is 1.06. The lowest BCUT2D eigenvalue weighted by atomic mass is 9.98. The minimum atomic E-state index is 1.00. The summed E-state index contributed by atoms with van der Waals surface area (Å²) in [5, 5.41) is 0. The van der Waals surface area contributed by atoms with Gasteiger partial charge in [0.25, 0.3) is 0 Å². The minimum absolute atomic E-state index is 1.00. The van der Waals surface area contributed by atoms with Crippen LogP contribution in [0.5, 0.6) is 0 Å². The average molecular weight is 260 g/mol. The van der Waals surface area contributed by atoms with Gasteiger partial charge in [-0.3, -0.25) is 0 Å². The van der Waals surface area contributed by atoms with Gasteiger partial charge in [0.2, 0.25) is 0 Å². The molecule has 0 saturated heterocycles. The first-order valence-corrected chi connectivity index (χ1v) is 5.86. The van der Waals surface area contributed by atoms with Crippen molar-refractivity contribution in [3.8, 4) is 11.1 Å². The lowest BCUT2D eigenvalue weighted by Crippen LogP contribution is -1.86. The SMILES string of the molecule is CCc1ccccc1-c1c[c]c(Br)cc1. The Hall–Kier alpha value is -1.08. The monoisotopic (exact) mass is 259 g/mol. The van der Waals surface area contributed by atoms with E-state index in [0.29, 0.717) is 0 Å². The Balaban J connectivity index is 2.49. The summed E-state index contributed by atoms with van der Waals surface area (Å²) >= 11 is 3.40. The standard InChI is InChI=1S/C14H12Br/c1-2-11-5-3-4-6-14(11)12-7-9-13(15)10-8-12/h3-9H,2H2,1H3. The molecule has 0 aliphatic heterocycles. The quantitative estimate of drug-likeness (QED) is 0.746. The highest BCUT2D eigenvalue weighted by Gasteiger charge is 2.02. The molecule has 15 heavy (non-hydrogen) atoms. The van der Waals surface area contributed by atoms with E-state index in [4.69, 9.17) is 0 Å². The molecule has 2 rings (SSSR count). The van der Waals surface area contributed by atoms with Crippen LogP contribution in [0.4, 0.5) is 0 Å². The van der Waals surface area contributed by atoms with Crippen molar-refractivity contribution in [3.05, 3.63) is 58.6 Å². The van der Waals surface area contributed by atoms with Crippen LogP contribution >= 0.6 is 15.9 Å². The summed E-state index contributed by atoms with van der Waals surface area (Å²) in [4.78, 5) is 0. The fourth-order valence-electron chi connectivity index (χ4n) is 1.68. The Morgan fingerprint density at radius 1 is 1.13 bits per heavy atom. The molecule has 0 nitrogen and oxygen atoms in total. The van der Waals surface area contributed by atoms with Gasteiger partial charge in [-0.1, -0.05) is 53.2 Å². The van der Waals surface area contributed by atoms with Gasteiger partial charge in [-0.05, 0) is 41.3 Å². The Morgan fingerprint density at radius 2 is 1.93 bits per heavy atom. The van der Waals surface area contributed by atoms with Crippen molar-refractivity contribution in [2.75, 3.05) is 0 Å². The first-order valence-electron chi connectivity index (χ1n) is 5.07. The van der Waals surface area contributed by atoms with Gasteiger partial charge in [-0.25, -0.2) is 0 Å². The second kappa shape index (κ2) is 4.63. The Labute approximate surface area is 99.1 Å². The number of benzene rings is 2. The topological polar surface area (TPSA) is 0 Å². The third-order valence-electron chi connectivity index (χ3n) is 2.48. The molecule has 0 heterocycles. The molecule has 0 spiro atoms. The van der Waals surface area contributed by atoms with Crippen molar-refractivity contribution in [2.24, 2.45) is 0 Å². The predicted octanol–water partition coefficient (Wildman–Crippen LogP) is 4.48. The highest BCUT2D eigenvalue weighted by atomic mass is 79.9. The highest BCUT2D eigenvalue weighted by molar-refractivity contribution is 9.10. The summed E-state index contributed by atoms with van der Waals surface area (Å²) in [6, 6.07) is 17.9. The van der Waals surface area contributed by atoms with Crippen LogP contribution in [0.1, 0.15) is 12.5 Å². The van der Waals surface area contributed by atoms with E-state index in [-0.39, 0.29) is 0 Å². The second-order valence-electron chi connectivity index (χ2n) is 3.44. The first-order chi connectivity index (χ1) is 7.31. The van der Waals surface area contributed by atoms with E-state index in [0.717, 1.165) is 10.9 Å². The number of aryl methyl sites for hydroxylation is 1. The van der Waals surface area contributed by atoms with Crippen LogP contribution < -0.4 is 0 Å². The normalized spacial score (nSPS) is 10.3. The molecule has 0 fully saturated rings. The predicted molar refractivity (Wildman–Crippen MR) is 67.8 cm³/mol. The summed E-state index contributed by atoms with van der Waals surface area (Å²) in [7, 11) is 0. The van der Waals surface area contributed by atoms with Gasteiger partial charge >= 0.3 is 0 Å². The van der Waals surface area contributed by atoms with Gasteiger partial charge in [0.15, 0.2) is 0 Å². The molecule has 75 valence electrons. The maximum atomic E-state index is 3.40. The fourth-order valence-corrected chi connectivity index (χ4v) is 1.93. The van der Waals surface area contributed by atoms with Crippen LogP contribution in [0.15, 0.2) is 46.9 Å². The fraction of sp³-hybridized carbons (Fsp3) is 0.143. The molecule has 2 aromatic carbocycles. The molecular weight excluding hydrogens is 248 g/mol. The van der Waals surface area contributed by atoms with E-state index >= 15 is 0 Å². The Kier molecular flexibility index (Phi) is 3.22. The highest BCUT2D eigenvalue weighted by Crippen LogP contribution is 2.25. The molecule has 0 aromatic heterocycles. The molecule has 0 aliphatic carbocycles. The summed E-state index contributed by atoms with van der Waals surface area (Å²) in [6.45, 7) is 2.18. The largest absolute Gasteiger partial charge is 0.0620 e. The zero-order chi connectivity index (χ0) is 10.7. The van der Waals surface area contributed by atoms with E-state index in [1.807, 2.05) is 12.1 Å². The second-order valence-corrected chi connectivity index (χ2v) is 4.29. The Bertz CT molecular complexity index is 443. The van der Waals surface area contributed by atoms with Gasteiger partial charge in [0.1, 0.15) is 0 Å². The van der Waals surface area contributed by atoms with Gasteiger partial charge < -0.3 is 0 Å². The van der Waals surface area contributed by atoms with Crippen LogP contribution in [0, 0.1) is 6.07 Å². The van der Waals surface area contributed by atoms with Crippen molar-refractivity contribution < 1.29 is 0 Å². The van der Waals surface area contributed by atoms with Crippen molar-refractivity contribution in [1.29, 1.82) is 0 Å². The molecule has 0 unspecified atom stereocenters. The maximum absolute atomic E-state index is 3.40. The molecule has 0 aliphatic rings. The first kappa shape index (κ1) is 10.4. The molecule has 2 aromatic rings. The van der Waals surface area contributed by atoms with E-state index in [1.165, 1.54) is 16.7 Å². The van der Waals surface area contributed by atoms with Crippen molar-refractivity contribution in [2.45, 2.75) is 13.3 Å². The van der Waals surface area contributed by atoms with Gasteiger partial charge in [0, 0.05) is 4.47 Å². The molecule has 1 heteroatoms. The third kappa shape index (κ3) is 2.29. The maximum Gasteiger partial charge on any atom is 0.0254 e. The van der Waals surface area contributed by atoms with E-state index < -0.39 is 0 Å². The zero-order valence-electron chi connectivity index (χ0n) is 8.63. The third-order valence-corrected chi connectivity index (χ3v) is 2.98. The van der Waals surface area contributed by atoms with Crippen LogP contribution in [0.2, 0.25) is 0 Å². The van der Waals surface area contributed by atoms with Crippen LogP contribution in [-0.4, -0.2) is 0 Å². The number of halogens is 1. The number of hydrogen-bond donors (Lipinski definition) is 0. The van der Waals surface area contributed by atoms with E-state index in [1.54, 1.807) is 0 Å². The van der Waals surface area contributed by atoms with E-state index in [2.05, 4.69) is 59.3 Å². The van der Waals surface area contributed by atoms with E-state index in [9.17, 15) is 0 Å². The van der Waals surface area contributed by atoms with Crippen molar-refractivity contribution >= 4 is 15.9 Å². The zero-order valence-corrected chi connectivity index (χ0v) is 10.2. The molecule has 0 bridgehead atoms. The van der Waals surface area contributed by atoms with Crippen LogP contribution in [0.25, 0.3) is 11.1 Å². The van der Waals surface area contributed by atoms with Gasteiger partial charge in [0.05, 0.1) is 0 Å². The Morgan fingerprint density at radius 3 is 2.60 bits per heavy atom. The van der Waals surface area contributed by atoms with Crippen LogP contribution in [-0.2, 0) is 6.42 Å². The number of rotatable bonds is 2. The van der Waals surface area contributed by atoms with Crippen molar-refractivity contribution in [1.82, 2.24) is 0 Å². The summed E-state index contributed by atoms with van der Waals surface area (Å²) in [5.41, 5.74) is 3.92. The summed E-state index contributed by atoms with van der Waals surface area (Å²) < 4.78 is 1.00. The van der Waals surface area contributed by atoms with Crippen LogP contribution in [0.3, 0.4) is 0 Å². The molecule has 0 N–H and O–H groups in total. The van der Waals surface area contributed by atoms with Gasteiger partial charge in [-0.2, -0.15) is 0 Å². The minimum Gasteiger partial charge on any atom is -0.0620 e.